The maximum atomic E-state index is 11.6. The van der Waals surface area contributed by atoms with Gasteiger partial charge in [0.1, 0.15) is 5.54 Å². The van der Waals surface area contributed by atoms with Gasteiger partial charge in [-0.15, -0.1) is 0 Å². The van der Waals surface area contributed by atoms with E-state index in [0.29, 0.717) is 5.02 Å². The molecule has 0 spiro atoms. The van der Waals surface area contributed by atoms with E-state index in [1.807, 2.05) is 67.7 Å². The van der Waals surface area contributed by atoms with Crippen molar-refractivity contribution in [2.24, 2.45) is 0 Å². The Balaban J connectivity index is 2.11. The first-order valence-corrected chi connectivity index (χ1v) is 9.35. The minimum absolute atomic E-state index is 0.102. The molecule has 26 heavy (non-hydrogen) atoms. The van der Waals surface area contributed by atoms with Crippen molar-refractivity contribution in [2.75, 3.05) is 6.54 Å². The Hall–Kier alpha value is -2.07. The summed E-state index contributed by atoms with van der Waals surface area (Å²) in [7, 11) is 0. The van der Waals surface area contributed by atoms with Gasteiger partial charge in [-0.2, -0.15) is 0 Å². The minimum atomic E-state index is -0.738. The lowest BCUT2D eigenvalue weighted by Crippen LogP contribution is -2.54. The third kappa shape index (κ3) is 3.43. The predicted molar refractivity (Wildman–Crippen MR) is 108 cm³/mol. The second-order valence-corrected chi connectivity index (χ2v) is 7.01. The zero-order valence-corrected chi connectivity index (χ0v) is 15.9. The number of hydrogen-bond donors (Lipinski definition) is 3. The van der Waals surface area contributed by atoms with Gasteiger partial charge in [-0.3, -0.25) is 0 Å². The molecule has 3 atom stereocenters. The topological polar surface area (TPSA) is 48.0 Å². The van der Waals surface area contributed by atoms with Crippen molar-refractivity contribution in [2.45, 2.75) is 31.4 Å². The fourth-order valence-corrected chi connectivity index (χ4v) is 3.79. The first-order valence-electron chi connectivity index (χ1n) is 8.97. The lowest BCUT2D eigenvalue weighted by Gasteiger charge is -2.41. The number of H-pyrrole nitrogens is 1. The average molecular weight is 369 g/mol. The first-order chi connectivity index (χ1) is 12.6. The van der Waals surface area contributed by atoms with Crippen molar-refractivity contribution in [3.8, 4) is 0 Å². The molecule has 4 heteroatoms. The Morgan fingerprint density at radius 3 is 2.31 bits per heavy atom. The third-order valence-corrected chi connectivity index (χ3v) is 5.27. The zero-order valence-electron chi connectivity index (χ0n) is 15.1. The number of aliphatic hydroxyl groups is 1. The molecule has 0 aliphatic rings. The van der Waals surface area contributed by atoms with Crippen molar-refractivity contribution in [1.29, 1.82) is 0 Å². The number of nitrogens with one attached hydrogen (secondary N) is 2. The van der Waals surface area contributed by atoms with Gasteiger partial charge in [-0.1, -0.05) is 67.9 Å². The number of hydrogen-bond acceptors (Lipinski definition) is 2. The highest BCUT2D eigenvalue weighted by molar-refractivity contribution is 6.30. The van der Waals surface area contributed by atoms with Crippen LogP contribution in [0.5, 0.6) is 0 Å². The van der Waals surface area contributed by atoms with Gasteiger partial charge in [-0.05, 0) is 41.9 Å². The molecule has 1 aromatic heterocycles. The Bertz CT molecular complexity index is 802. The van der Waals surface area contributed by atoms with Crippen LogP contribution in [0.1, 0.15) is 36.6 Å². The van der Waals surface area contributed by atoms with Crippen LogP contribution in [-0.4, -0.2) is 22.7 Å². The highest BCUT2D eigenvalue weighted by Crippen LogP contribution is 2.38. The van der Waals surface area contributed by atoms with Crippen LogP contribution in [0.25, 0.3) is 0 Å². The highest BCUT2D eigenvalue weighted by Gasteiger charge is 2.44. The van der Waals surface area contributed by atoms with Crippen LogP contribution in [0.15, 0.2) is 72.9 Å². The number of likely N-dealkylation sites (N-methyl/N-ethyl adjacent to an activating group) is 1. The molecule has 0 aliphatic heterocycles. The minimum Gasteiger partial charge on any atom is -0.390 e. The number of aromatic nitrogens is 1. The molecule has 0 fully saturated rings. The van der Waals surface area contributed by atoms with E-state index in [1.165, 1.54) is 0 Å². The second-order valence-electron chi connectivity index (χ2n) is 6.57. The Kier molecular flexibility index (Phi) is 5.82. The molecule has 136 valence electrons. The molecule has 0 bridgehead atoms. The van der Waals surface area contributed by atoms with Gasteiger partial charge in [0.2, 0.25) is 0 Å². The number of benzene rings is 2. The van der Waals surface area contributed by atoms with Crippen LogP contribution >= 0.6 is 11.6 Å². The summed E-state index contributed by atoms with van der Waals surface area (Å²) in [6, 6.07) is 21.8. The monoisotopic (exact) mass is 368 g/mol. The van der Waals surface area contributed by atoms with Gasteiger partial charge in [0.15, 0.2) is 0 Å². The van der Waals surface area contributed by atoms with E-state index in [4.69, 9.17) is 11.6 Å². The molecule has 2 aromatic carbocycles. The number of aliphatic hydroxyl groups excluding tert-OH is 1. The van der Waals surface area contributed by atoms with E-state index < -0.39 is 11.6 Å². The number of aromatic amines is 1. The molecule has 0 aliphatic carbocycles. The molecule has 3 aromatic rings. The van der Waals surface area contributed by atoms with Crippen molar-refractivity contribution < 1.29 is 5.11 Å². The van der Waals surface area contributed by atoms with Crippen LogP contribution in [0.2, 0.25) is 5.02 Å². The summed E-state index contributed by atoms with van der Waals surface area (Å²) in [5.41, 5.74) is 2.28. The molecular formula is C22H25ClN2O. The van der Waals surface area contributed by atoms with Gasteiger partial charge in [0.05, 0.1) is 6.10 Å². The van der Waals surface area contributed by atoms with E-state index in [1.54, 1.807) is 0 Å². The SMILES string of the molecule is CCNC(c1ccccc1)(c1ccc[nH]1)C(O)C(C)c1ccc(Cl)cc1. The van der Waals surface area contributed by atoms with Crippen LogP contribution in [0.3, 0.4) is 0 Å². The van der Waals surface area contributed by atoms with Crippen molar-refractivity contribution in [3.63, 3.8) is 0 Å². The fraction of sp³-hybridized carbons (Fsp3) is 0.273. The summed E-state index contributed by atoms with van der Waals surface area (Å²) in [4.78, 5) is 3.31. The van der Waals surface area contributed by atoms with Crippen LogP contribution in [0, 0.1) is 0 Å². The molecule has 3 N–H and O–H groups in total. The molecule has 3 nitrogen and oxygen atoms in total. The van der Waals surface area contributed by atoms with Gasteiger partial charge in [0, 0.05) is 22.8 Å². The zero-order chi connectivity index (χ0) is 18.6. The lowest BCUT2D eigenvalue weighted by atomic mass is 9.74. The van der Waals surface area contributed by atoms with Crippen LogP contribution in [0.4, 0.5) is 0 Å². The second kappa shape index (κ2) is 8.09. The Morgan fingerprint density at radius 1 is 1.04 bits per heavy atom. The van der Waals surface area contributed by atoms with Gasteiger partial charge in [-0.25, -0.2) is 0 Å². The third-order valence-electron chi connectivity index (χ3n) is 5.02. The maximum absolute atomic E-state index is 11.6. The van der Waals surface area contributed by atoms with Crippen molar-refractivity contribution in [1.82, 2.24) is 10.3 Å². The van der Waals surface area contributed by atoms with E-state index >= 15 is 0 Å². The highest BCUT2D eigenvalue weighted by atomic mass is 35.5. The molecule has 3 rings (SSSR count). The standard InChI is InChI=1S/C22H25ClN2O/c1-3-25-22(20-10-7-15-24-20,18-8-5-4-6-9-18)21(26)16(2)17-11-13-19(23)14-12-17/h4-16,21,24-26H,3H2,1-2H3. The summed E-state index contributed by atoms with van der Waals surface area (Å²) in [6.07, 6.45) is 1.20. The van der Waals surface area contributed by atoms with Crippen LogP contribution < -0.4 is 5.32 Å². The van der Waals surface area contributed by atoms with Gasteiger partial charge >= 0.3 is 0 Å². The molecular weight excluding hydrogens is 344 g/mol. The lowest BCUT2D eigenvalue weighted by molar-refractivity contribution is 0.0598. The molecule has 1 heterocycles. The van der Waals surface area contributed by atoms with Gasteiger partial charge in [0.25, 0.3) is 0 Å². The van der Waals surface area contributed by atoms with E-state index in [-0.39, 0.29) is 5.92 Å². The Morgan fingerprint density at radius 2 is 1.73 bits per heavy atom. The summed E-state index contributed by atoms with van der Waals surface area (Å²) in [5, 5.41) is 15.9. The quantitative estimate of drug-likeness (QED) is 0.566. The fourth-order valence-electron chi connectivity index (χ4n) is 3.67. The largest absolute Gasteiger partial charge is 0.390 e. The first kappa shape index (κ1) is 18.7. The maximum Gasteiger partial charge on any atom is 0.111 e. The van der Waals surface area contributed by atoms with Crippen LogP contribution in [-0.2, 0) is 5.54 Å². The van der Waals surface area contributed by atoms with Crippen molar-refractivity contribution >= 4 is 11.6 Å². The normalized spacial score (nSPS) is 16.0. The van der Waals surface area contributed by atoms with E-state index in [2.05, 4.69) is 29.4 Å². The van der Waals surface area contributed by atoms with E-state index in [0.717, 1.165) is 23.4 Å². The van der Waals surface area contributed by atoms with E-state index in [9.17, 15) is 5.11 Å². The number of halogens is 1. The predicted octanol–water partition coefficient (Wildman–Crippen LogP) is 4.69. The molecule has 3 unspecified atom stereocenters. The summed E-state index contributed by atoms with van der Waals surface area (Å²) in [5.74, 6) is -0.102. The molecule has 0 saturated heterocycles. The molecule has 0 saturated carbocycles. The smallest absolute Gasteiger partial charge is 0.111 e. The number of rotatable bonds is 7. The summed E-state index contributed by atoms with van der Waals surface area (Å²) in [6.45, 7) is 4.82. The van der Waals surface area contributed by atoms with Gasteiger partial charge < -0.3 is 15.4 Å². The Labute approximate surface area is 160 Å². The molecule has 0 radical (unpaired) electrons. The van der Waals surface area contributed by atoms with Crippen molar-refractivity contribution in [3.05, 3.63) is 94.8 Å². The molecule has 0 amide bonds. The summed E-state index contributed by atoms with van der Waals surface area (Å²) >= 11 is 6.03. The average Bonchev–Trinajstić information content (AvgIpc) is 3.21. The summed E-state index contributed by atoms with van der Waals surface area (Å²) < 4.78 is 0.